The van der Waals surface area contributed by atoms with Crippen LogP contribution in [0, 0.1) is 0 Å². The number of hydrogen-bond acceptors (Lipinski definition) is 5. The van der Waals surface area contributed by atoms with Gasteiger partial charge in [0.25, 0.3) is 0 Å². The third kappa shape index (κ3) is 3.04. The number of fused-ring (bicyclic) bond motifs is 2. The van der Waals surface area contributed by atoms with Crippen molar-refractivity contribution in [2.24, 2.45) is 0 Å². The Labute approximate surface area is 178 Å². The minimum absolute atomic E-state index is 0.0119. The summed E-state index contributed by atoms with van der Waals surface area (Å²) in [6.45, 7) is 0.803. The molecular formula is C24H21N3O4. The highest BCUT2D eigenvalue weighted by molar-refractivity contribution is 5.91. The van der Waals surface area contributed by atoms with Gasteiger partial charge in [-0.15, -0.1) is 0 Å². The van der Waals surface area contributed by atoms with Crippen LogP contribution in [-0.4, -0.2) is 29.4 Å². The van der Waals surface area contributed by atoms with Gasteiger partial charge in [-0.2, -0.15) is 0 Å². The van der Waals surface area contributed by atoms with Crippen LogP contribution in [-0.2, 0) is 16.6 Å². The van der Waals surface area contributed by atoms with E-state index in [2.05, 4.69) is 27.6 Å². The number of para-hydroxylation sites is 1. The number of benzene rings is 2. The van der Waals surface area contributed by atoms with E-state index in [1.165, 1.54) is 10.9 Å². The number of aromatic nitrogens is 2. The summed E-state index contributed by atoms with van der Waals surface area (Å²) in [4.78, 5) is 16.3. The third-order valence-electron chi connectivity index (χ3n) is 6.20. The fraction of sp³-hybridized carbons (Fsp3) is 0.250. The zero-order valence-corrected chi connectivity index (χ0v) is 16.8. The van der Waals surface area contributed by atoms with Gasteiger partial charge in [-0.1, -0.05) is 23.4 Å². The van der Waals surface area contributed by atoms with Gasteiger partial charge in [0.1, 0.15) is 0 Å². The van der Waals surface area contributed by atoms with E-state index in [-0.39, 0.29) is 12.7 Å². The SMILES string of the molecule is O=C(NCCc1c[nH]c2ccccc12)C1(c2cc(-c3ccc4c(c3)OCO4)on2)CC1. The van der Waals surface area contributed by atoms with E-state index in [0.717, 1.165) is 36.1 Å². The lowest BCUT2D eigenvalue weighted by Crippen LogP contribution is -2.36. The molecule has 156 valence electrons. The molecule has 6 rings (SSSR count). The summed E-state index contributed by atoms with van der Waals surface area (Å²) in [6.07, 6.45) is 4.34. The van der Waals surface area contributed by atoms with E-state index in [0.29, 0.717) is 23.7 Å². The number of carbonyl (C=O) groups excluding carboxylic acids is 1. The maximum Gasteiger partial charge on any atom is 0.232 e. The minimum atomic E-state index is -0.585. The molecular weight excluding hydrogens is 394 g/mol. The van der Waals surface area contributed by atoms with Crippen molar-refractivity contribution in [3.05, 3.63) is 66.0 Å². The molecule has 4 aromatic rings. The summed E-state index contributed by atoms with van der Waals surface area (Å²) in [5.41, 5.74) is 3.26. The molecule has 2 aliphatic rings. The zero-order chi connectivity index (χ0) is 20.8. The van der Waals surface area contributed by atoms with E-state index in [1.54, 1.807) is 0 Å². The van der Waals surface area contributed by atoms with Gasteiger partial charge in [-0.05, 0) is 49.1 Å². The Morgan fingerprint density at radius 2 is 1.97 bits per heavy atom. The molecule has 0 saturated heterocycles. The van der Waals surface area contributed by atoms with Crippen molar-refractivity contribution in [2.45, 2.75) is 24.7 Å². The standard InChI is InChI=1S/C24H21N3O4/c28-23(25-10-7-16-13-26-18-4-2-1-3-17(16)18)24(8-9-24)22-12-20(31-27-22)15-5-6-19-21(11-15)30-14-29-19/h1-6,11-13,26H,7-10,14H2,(H,25,28). The van der Waals surface area contributed by atoms with Crippen molar-refractivity contribution in [1.82, 2.24) is 15.5 Å². The molecule has 0 spiro atoms. The van der Waals surface area contributed by atoms with Crippen molar-refractivity contribution >= 4 is 16.8 Å². The molecule has 1 saturated carbocycles. The van der Waals surface area contributed by atoms with Gasteiger partial charge in [0, 0.05) is 35.3 Å². The molecule has 3 heterocycles. The highest BCUT2D eigenvalue weighted by atomic mass is 16.7. The van der Waals surface area contributed by atoms with Gasteiger partial charge in [-0.25, -0.2) is 0 Å². The molecule has 2 aromatic heterocycles. The summed E-state index contributed by atoms with van der Waals surface area (Å²) < 4.78 is 16.4. The molecule has 2 N–H and O–H groups in total. The van der Waals surface area contributed by atoms with Crippen LogP contribution in [0.3, 0.4) is 0 Å². The van der Waals surface area contributed by atoms with E-state index in [4.69, 9.17) is 14.0 Å². The summed E-state index contributed by atoms with van der Waals surface area (Å²) in [5, 5.41) is 8.52. The molecule has 7 heteroatoms. The average molecular weight is 415 g/mol. The number of amides is 1. The lowest BCUT2D eigenvalue weighted by Gasteiger charge is -2.12. The van der Waals surface area contributed by atoms with Crippen molar-refractivity contribution in [2.75, 3.05) is 13.3 Å². The Morgan fingerprint density at radius 1 is 1.10 bits per heavy atom. The summed E-state index contributed by atoms with van der Waals surface area (Å²) >= 11 is 0. The molecule has 1 amide bonds. The second kappa shape index (κ2) is 6.91. The highest BCUT2D eigenvalue weighted by Gasteiger charge is 2.53. The van der Waals surface area contributed by atoms with Crippen LogP contribution in [0.15, 0.2) is 59.3 Å². The number of nitrogens with one attached hydrogen (secondary N) is 2. The van der Waals surface area contributed by atoms with Gasteiger partial charge < -0.3 is 24.3 Å². The van der Waals surface area contributed by atoms with Gasteiger partial charge in [-0.3, -0.25) is 4.79 Å². The molecule has 2 aromatic carbocycles. The molecule has 0 unspecified atom stereocenters. The number of ether oxygens (including phenoxy) is 2. The number of rotatable bonds is 6. The number of hydrogen-bond donors (Lipinski definition) is 2. The minimum Gasteiger partial charge on any atom is -0.454 e. The second-order valence-electron chi connectivity index (χ2n) is 8.09. The van der Waals surface area contributed by atoms with E-state index in [9.17, 15) is 4.79 Å². The zero-order valence-electron chi connectivity index (χ0n) is 16.8. The van der Waals surface area contributed by atoms with Crippen LogP contribution in [0.2, 0.25) is 0 Å². The van der Waals surface area contributed by atoms with Crippen LogP contribution in [0.1, 0.15) is 24.1 Å². The Bertz CT molecular complexity index is 1280. The molecule has 0 atom stereocenters. The van der Waals surface area contributed by atoms with E-state index in [1.807, 2.05) is 42.6 Å². The number of carbonyl (C=O) groups is 1. The van der Waals surface area contributed by atoms with Crippen molar-refractivity contribution in [3.63, 3.8) is 0 Å². The Balaban J connectivity index is 1.14. The monoisotopic (exact) mass is 415 g/mol. The average Bonchev–Trinajstić information content (AvgIpc) is 3.15. The first-order chi connectivity index (χ1) is 15.2. The second-order valence-corrected chi connectivity index (χ2v) is 8.09. The van der Waals surface area contributed by atoms with E-state index < -0.39 is 5.41 Å². The van der Waals surface area contributed by atoms with Crippen LogP contribution in [0.4, 0.5) is 0 Å². The molecule has 1 fully saturated rings. The molecule has 1 aliphatic heterocycles. The van der Waals surface area contributed by atoms with Crippen molar-refractivity contribution in [3.8, 4) is 22.8 Å². The summed E-state index contributed by atoms with van der Waals surface area (Å²) in [5.74, 6) is 2.03. The maximum atomic E-state index is 13.0. The molecule has 31 heavy (non-hydrogen) atoms. The van der Waals surface area contributed by atoms with Crippen LogP contribution in [0.5, 0.6) is 11.5 Å². The lowest BCUT2D eigenvalue weighted by molar-refractivity contribution is -0.123. The van der Waals surface area contributed by atoms with Gasteiger partial charge in [0.15, 0.2) is 17.3 Å². The summed E-state index contributed by atoms with van der Waals surface area (Å²) in [7, 11) is 0. The van der Waals surface area contributed by atoms with Crippen LogP contribution in [0.25, 0.3) is 22.2 Å². The topological polar surface area (TPSA) is 89.4 Å². The highest BCUT2D eigenvalue weighted by Crippen LogP contribution is 2.49. The molecule has 0 bridgehead atoms. The first-order valence-electron chi connectivity index (χ1n) is 10.4. The fourth-order valence-corrected chi connectivity index (χ4v) is 4.23. The van der Waals surface area contributed by atoms with Gasteiger partial charge in [0.2, 0.25) is 12.7 Å². The van der Waals surface area contributed by atoms with Crippen LogP contribution >= 0.6 is 0 Å². The lowest BCUT2D eigenvalue weighted by atomic mass is 10.00. The van der Waals surface area contributed by atoms with Crippen LogP contribution < -0.4 is 14.8 Å². The van der Waals surface area contributed by atoms with Crippen molar-refractivity contribution in [1.29, 1.82) is 0 Å². The largest absolute Gasteiger partial charge is 0.454 e. The van der Waals surface area contributed by atoms with E-state index >= 15 is 0 Å². The Kier molecular flexibility index (Phi) is 4.02. The number of H-pyrrole nitrogens is 1. The predicted molar refractivity (Wildman–Crippen MR) is 114 cm³/mol. The maximum absolute atomic E-state index is 13.0. The Hall–Kier alpha value is -3.74. The predicted octanol–water partition coefficient (Wildman–Crippen LogP) is 3.94. The molecule has 1 aliphatic carbocycles. The number of aromatic amines is 1. The van der Waals surface area contributed by atoms with Gasteiger partial charge in [0.05, 0.1) is 11.1 Å². The fourth-order valence-electron chi connectivity index (χ4n) is 4.23. The number of nitrogens with zero attached hydrogens (tertiary/aromatic N) is 1. The quantitative estimate of drug-likeness (QED) is 0.498. The first kappa shape index (κ1) is 18.1. The first-order valence-corrected chi connectivity index (χ1v) is 10.4. The molecule has 0 radical (unpaired) electrons. The third-order valence-corrected chi connectivity index (χ3v) is 6.20. The summed E-state index contributed by atoms with van der Waals surface area (Å²) in [6, 6.07) is 15.7. The normalized spacial score (nSPS) is 15.9. The van der Waals surface area contributed by atoms with Crippen molar-refractivity contribution < 1.29 is 18.8 Å². The molecule has 7 nitrogen and oxygen atoms in total. The Morgan fingerprint density at radius 3 is 2.87 bits per heavy atom. The smallest absolute Gasteiger partial charge is 0.232 e. The van der Waals surface area contributed by atoms with Gasteiger partial charge >= 0.3 is 0 Å².